The monoisotopic (exact) mass is 288 g/mol. The average Bonchev–Trinajstić information content (AvgIpc) is 2.66. The molecule has 1 aromatic heterocycles. The van der Waals surface area contributed by atoms with Crippen LogP contribution in [0.4, 0.5) is 0 Å². The molecule has 2 N–H and O–H groups in total. The molecule has 2 nitrogen and oxygen atoms in total. The van der Waals surface area contributed by atoms with Gasteiger partial charge in [-0.3, -0.25) is 0 Å². The van der Waals surface area contributed by atoms with Gasteiger partial charge in [0, 0.05) is 15.9 Å². The zero-order valence-electron chi connectivity index (χ0n) is 8.76. The van der Waals surface area contributed by atoms with Gasteiger partial charge in [-0.1, -0.05) is 0 Å². The maximum Gasteiger partial charge on any atom is 0.0327 e. The van der Waals surface area contributed by atoms with Crippen LogP contribution < -0.4 is 10.6 Å². The van der Waals surface area contributed by atoms with Gasteiger partial charge in [0.05, 0.1) is 0 Å². The van der Waals surface area contributed by atoms with Gasteiger partial charge in [0.2, 0.25) is 0 Å². The first-order valence-corrected chi connectivity index (χ1v) is 7.17. The van der Waals surface area contributed by atoms with E-state index in [-0.39, 0.29) is 0 Å². The van der Waals surface area contributed by atoms with Crippen LogP contribution in [0.5, 0.6) is 0 Å². The lowest BCUT2D eigenvalue weighted by atomic mass is 10.00. The molecule has 1 aromatic rings. The summed E-state index contributed by atoms with van der Waals surface area (Å²) in [5, 5.41) is 9.11. The smallest absolute Gasteiger partial charge is 0.0327 e. The van der Waals surface area contributed by atoms with Crippen molar-refractivity contribution in [2.24, 2.45) is 5.92 Å². The Labute approximate surface area is 104 Å². The zero-order valence-corrected chi connectivity index (χ0v) is 11.2. The van der Waals surface area contributed by atoms with Crippen LogP contribution in [-0.2, 0) is 6.54 Å². The predicted octanol–water partition coefficient (Wildman–Crippen LogP) is 2.60. The number of rotatable bonds is 4. The zero-order chi connectivity index (χ0) is 10.5. The SMILES string of the molecule is Brc1ccsc1CNCC1CCCNC1. The van der Waals surface area contributed by atoms with Crippen LogP contribution in [0.2, 0.25) is 0 Å². The minimum atomic E-state index is 0.817. The number of thiophene rings is 1. The first kappa shape index (κ1) is 11.6. The van der Waals surface area contributed by atoms with Gasteiger partial charge in [-0.05, 0) is 65.8 Å². The Morgan fingerprint density at radius 2 is 2.53 bits per heavy atom. The molecule has 1 aliphatic heterocycles. The van der Waals surface area contributed by atoms with Crippen LogP contribution in [0.3, 0.4) is 0 Å². The quantitative estimate of drug-likeness (QED) is 0.890. The molecule has 0 spiro atoms. The number of hydrogen-bond acceptors (Lipinski definition) is 3. The van der Waals surface area contributed by atoms with Gasteiger partial charge in [-0.25, -0.2) is 0 Å². The molecule has 2 heterocycles. The molecular formula is C11H17BrN2S. The van der Waals surface area contributed by atoms with Crippen molar-refractivity contribution >= 4 is 27.3 Å². The second-order valence-electron chi connectivity index (χ2n) is 4.03. The molecule has 15 heavy (non-hydrogen) atoms. The number of piperidine rings is 1. The van der Waals surface area contributed by atoms with E-state index in [1.54, 1.807) is 0 Å². The molecule has 1 aliphatic rings. The third kappa shape index (κ3) is 3.55. The summed E-state index contributed by atoms with van der Waals surface area (Å²) in [4.78, 5) is 1.40. The molecule has 4 heteroatoms. The standard InChI is InChI=1S/C11H17BrN2S/c12-10-3-5-15-11(10)8-14-7-9-2-1-4-13-6-9/h3,5,9,13-14H,1-2,4,6-8H2. The Bertz CT molecular complexity index is 295. The van der Waals surface area contributed by atoms with E-state index >= 15 is 0 Å². The molecule has 1 atom stereocenters. The van der Waals surface area contributed by atoms with Crippen molar-refractivity contribution in [2.45, 2.75) is 19.4 Å². The minimum absolute atomic E-state index is 0.817. The van der Waals surface area contributed by atoms with Gasteiger partial charge in [-0.15, -0.1) is 11.3 Å². The first-order valence-electron chi connectivity index (χ1n) is 5.49. The molecule has 1 fully saturated rings. The van der Waals surface area contributed by atoms with Crippen LogP contribution in [0, 0.1) is 5.92 Å². The van der Waals surface area contributed by atoms with Crippen molar-refractivity contribution in [3.63, 3.8) is 0 Å². The molecule has 0 aromatic carbocycles. The van der Waals surface area contributed by atoms with E-state index in [1.807, 2.05) is 11.3 Å². The van der Waals surface area contributed by atoms with E-state index in [4.69, 9.17) is 0 Å². The lowest BCUT2D eigenvalue weighted by Gasteiger charge is -2.22. The Hall–Kier alpha value is 0.1000. The second-order valence-corrected chi connectivity index (χ2v) is 5.89. The van der Waals surface area contributed by atoms with Crippen molar-refractivity contribution < 1.29 is 0 Å². The Morgan fingerprint density at radius 3 is 3.20 bits per heavy atom. The van der Waals surface area contributed by atoms with Gasteiger partial charge in [0.1, 0.15) is 0 Å². The van der Waals surface area contributed by atoms with Crippen molar-refractivity contribution in [1.29, 1.82) is 0 Å². The van der Waals surface area contributed by atoms with E-state index in [9.17, 15) is 0 Å². The summed E-state index contributed by atoms with van der Waals surface area (Å²) in [6.07, 6.45) is 2.70. The highest BCUT2D eigenvalue weighted by atomic mass is 79.9. The molecule has 0 bridgehead atoms. The molecule has 1 unspecified atom stereocenters. The lowest BCUT2D eigenvalue weighted by Crippen LogP contribution is -2.35. The highest BCUT2D eigenvalue weighted by molar-refractivity contribution is 9.10. The largest absolute Gasteiger partial charge is 0.316 e. The molecule has 0 radical (unpaired) electrons. The van der Waals surface area contributed by atoms with Gasteiger partial charge in [0.15, 0.2) is 0 Å². The van der Waals surface area contributed by atoms with Crippen LogP contribution in [0.1, 0.15) is 17.7 Å². The molecule has 0 aliphatic carbocycles. The maximum absolute atomic E-state index is 3.55. The van der Waals surface area contributed by atoms with E-state index < -0.39 is 0 Å². The summed E-state index contributed by atoms with van der Waals surface area (Å²) in [6, 6.07) is 2.11. The maximum atomic E-state index is 3.55. The normalized spacial score (nSPS) is 21.8. The van der Waals surface area contributed by atoms with E-state index in [0.717, 1.165) is 19.0 Å². The van der Waals surface area contributed by atoms with Crippen molar-refractivity contribution in [1.82, 2.24) is 10.6 Å². The second kappa shape index (κ2) is 5.99. The fourth-order valence-electron chi connectivity index (χ4n) is 1.94. The highest BCUT2D eigenvalue weighted by Gasteiger charge is 2.12. The summed E-state index contributed by atoms with van der Waals surface area (Å²) in [5.74, 6) is 0.817. The Balaban J connectivity index is 1.68. The molecule has 0 amide bonds. The van der Waals surface area contributed by atoms with Gasteiger partial charge >= 0.3 is 0 Å². The third-order valence-corrected chi connectivity index (χ3v) is 4.73. The van der Waals surface area contributed by atoms with E-state index in [0.29, 0.717) is 0 Å². The first-order chi connectivity index (χ1) is 7.36. The lowest BCUT2D eigenvalue weighted by molar-refractivity contribution is 0.360. The fourth-order valence-corrected chi connectivity index (χ4v) is 3.40. The van der Waals surface area contributed by atoms with Crippen LogP contribution in [0.15, 0.2) is 15.9 Å². The van der Waals surface area contributed by atoms with E-state index in [2.05, 4.69) is 38.0 Å². The number of halogens is 1. The average molecular weight is 289 g/mol. The summed E-state index contributed by atoms with van der Waals surface area (Å²) in [5.41, 5.74) is 0. The van der Waals surface area contributed by atoms with Crippen LogP contribution >= 0.6 is 27.3 Å². The Kier molecular flexibility index (Phi) is 4.62. The Morgan fingerprint density at radius 1 is 1.60 bits per heavy atom. The van der Waals surface area contributed by atoms with Crippen molar-refractivity contribution in [2.75, 3.05) is 19.6 Å². The topological polar surface area (TPSA) is 24.1 Å². The van der Waals surface area contributed by atoms with Crippen molar-refractivity contribution in [3.05, 3.63) is 20.8 Å². The van der Waals surface area contributed by atoms with Gasteiger partial charge < -0.3 is 10.6 Å². The summed E-state index contributed by atoms with van der Waals surface area (Å²) in [7, 11) is 0. The molecule has 2 rings (SSSR count). The van der Waals surface area contributed by atoms with Crippen LogP contribution in [-0.4, -0.2) is 19.6 Å². The molecular weight excluding hydrogens is 272 g/mol. The summed E-state index contributed by atoms with van der Waals surface area (Å²) < 4.78 is 1.24. The number of nitrogens with one attached hydrogen (secondary N) is 2. The van der Waals surface area contributed by atoms with Gasteiger partial charge in [-0.2, -0.15) is 0 Å². The summed E-state index contributed by atoms with van der Waals surface area (Å²) >= 11 is 5.36. The predicted molar refractivity (Wildman–Crippen MR) is 69.3 cm³/mol. The van der Waals surface area contributed by atoms with Crippen molar-refractivity contribution in [3.8, 4) is 0 Å². The third-order valence-electron chi connectivity index (χ3n) is 2.81. The molecule has 0 saturated carbocycles. The fraction of sp³-hybridized carbons (Fsp3) is 0.636. The summed E-state index contributed by atoms with van der Waals surface area (Å²) in [6.45, 7) is 4.51. The van der Waals surface area contributed by atoms with Crippen LogP contribution in [0.25, 0.3) is 0 Å². The molecule has 84 valence electrons. The number of hydrogen-bond donors (Lipinski definition) is 2. The molecule has 1 saturated heterocycles. The highest BCUT2D eigenvalue weighted by Crippen LogP contribution is 2.22. The van der Waals surface area contributed by atoms with E-state index in [1.165, 1.54) is 35.3 Å². The minimum Gasteiger partial charge on any atom is -0.316 e. The van der Waals surface area contributed by atoms with Gasteiger partial charge in [0.25, 0.3) is 0 Å².